The summed E-state index contributed by atoms with van der Waals surface area (Å²) in [5.74, 6) is -1.05. The maximum absolute atomic E-state index is 11.8. The minimum atomic E-state index is -1.06. The van der Waals surface area contributed by atoms with Gasteiger partial charge in [-0.25, -0.2) is 4.98 Å². The minimum Gasteiger partial charge on any atom is -0.468 e. The summed E-state index contributed by atoms with van der Waals surface area (Å²) in [6.45, 7) is 1.29. The van der Waals surface area contributed by atoms with Crippen LogP contribution >= 0.6 is 11.8 Å². The fourth-order valence-electron chi connectivity index (χ4n) is 1.76. The molecule has 6 nitrogen and oxygen atoms in total. The second-order valence-electron chi connectivity index (χ2n) is 4.43. The Hall–Kier alpha value is -2.41. The lowest BCUT2D eigenvalue weighted by Gasteiger charge is -2.10. The van der Waals surface area contributed by atoms with Gasteiger partial charge in [0.05, 0.1) is 12.8 Å². The summed E-state index contributed by atoms with van der Waals surface area (Å²) in [6.07, 6.45) is 0. The molecular formula is C15H14N2O4S. The third-order valence-electron chi connectivity index (χ3n) is 2.80. The van der Waals surface area contributed by atoms with E-state index >= 15 is 0 Å². The maximum Gasteiger partial charge on any atom is 0.326 e. The van der Waals surface area contributed by atoms with E-state index in [1.165, 1.54) is 20.1 Å². The number of hydrogen-bond acceptors (Lipinski definition) is 6. The summed E-state index contributed by atoms with van der Waals surface area (Å²) in [5.41, 5.74) is 0.885. The van der Waals surface area contributed by atoms with Gasteiger partial charge in [0, 0.05) is 11.6 Å². The lowest BCUT2D eigenvalue weighted by Crippen LogP contribution is -2.26. The van der Waals surface area contributed by atoms with Crippen LogP contribution in [0.25, 0.3) is 11.3 Å². The molecule has 7 heteroatoms. The smallest absolute Gasteiger partial charge is 0.326 e. The number of hydrogen-bond donors (Lipinski definition) is 1. The minimum absolute atomic E-state index is 0.192. The number of esters is 1. The first kappa shape index (κ1) is 16.0. The second kappa shape index (κ2) is 7.04. The summed E-state index contributed by atoms with van der Waals surface area (Å²) >= 11 is 0.862. The first-order valence-electron chi connectivity index (χ1n) is 6.43. The number of aromatic nitrogens is 2. The number of ketones is 1. The molecule has 1 atom stereocenters. The number of H-pyrrole nitrogens is 1. The Morgan fingerprint density at radius 3 is 2.55 bits per heavy atom. The molecule has 1 aromatic carbocycles. The molecular weight excluding hydrogens is 304 g/mol. The molecule has 0 spiro atoms. The SMILES string of the molecule is COC(=O)C(Sc1nc(-c2ccccc2)cc(=O)[nH]1)C(C)=O. The largest absolute Gasteiger partial charge is 0.468 e. The van der Waals surface area contributed by atoms with Crippen molar-refractivity contribution in [2.24, 2.45) is 0 Å². The molecule has 0 amide bonds. The number of carbonyl (C=O) groups excluding carboxylic acids is 2. The average molecular weight is 318 g/mol. The van der Waals surface area contributed by atoms with E-state index in [1.807, 2.05) is 30.3 Å². The number of rotatable bonds is 5. The highest BCUT2D eigenvalue weighted by Gasteiger charge is 2.26. The average Bonchev–Trinajstić information content (AvgIpc) is 2.52. The Balaban J connectivity index is 2.36. The van der Waals surface area contributed by atoms with E-state index in [2.05, 4.69) is 14.7 Å². The molecule has 0 aliphatic carbocycles. The Labute approximate surface area is 130 Å². The Morgan fingerprint density at radius 2 is 1.95 bits per heavy atom. The molecule has 0 fully saturated rings. The number of benzene rings is 1. The van der Waals surface area contributed by atoms with Gasteiger partial charge in [-0.1, -0.05) is 42.1 Å². The van der Waals surface area contributed by atoms with Gasteiger partial charge in [0.15, 0.2) is 16.2 Å². The topological polar surface area (TPSA) is 89.1 Å². The molecule has 0 aliphatic heterocycles. The van der Waals surface area contributed by atoms with Crippen molar-refractivity contribution in [1.29, 1.82) is 0 Å². The monoisotopic (exact) mass is 318 g/mol. The molecule has 0 aliphatic rings. The molecule has 0 bridgehead atoms. The van der Waals surface area contributed by atoms with Gasteiger partial charge in [0.25, 0.3) is 5.56 Å². The lowest BCUT2D eigenvalue weighted by molar-refractivity contribution is -0.142. The van der Waals surface area contributed by atoms with Gasteiger partial charge in [-0.05, 0) is 6.92 Å². The van der Waals surface area contributed by atoms with Crippen molar-refractivity contribution >= 4 is 23.5 Å². The summed E-state index contributed by atoms with van der Waals surface area (Å²) in [7, 11) is 1.20. The van der Waals surface area contributed by atoms with Crippen molar-refractivity contribution in [2.75, 3.05) is 7.11 Å². The highest BCUT2D eigenvalue weighted by Crippen LogP contribution is 2.23. The number of Topliss-reactive ketones (excluding diaryl/α,β-unsaturated/α-hetero) is 1. The van der Waals surface area contributed by atoms with Crippen LogP contribution in [0.15, 0.2) is 46.3 Å². The second-order valence-corrected chi connectivity index (χ2v) is 5.53. The van der Waals surface area contributed by atoms with Crippen LogP contribution < -0.4 is 5.56 Å². The standard InChI is InChI=1S/C15H14N2O4S/c1-9(18)13(14(20)21-2)22-15-16-11(8-12(19)17-15)10-6-4-3-5-7-10/h3-8,13H,1-2H3,(H,16,17,19). The first-order valence-corrected chi connectivity index (χ1v) is 7.31. The zero-order valence-corrected chi connectivity index (χ0v) is 12.8. The Morgan fingerprint density at radius 1 is 1.27 bits per heavy atom. The third-order valence-corrected chi connectivity index (χ3v) is 3.98. The van der Waals surface area contributed by atoms with Crippen LogP contribution in [0.5, 0.6) is 0 Å². The molecule has 2 rings (SSSR count). The van der Waals surface area contributed by atoms with Gasteiger partial charge >= 0.3 is 5.97 Å². The van der Waals surface area contributed by atoms with Gasteiger partial charge in [-0.2, -0.15) is 0 Å². The van der Waals surface area contributed by atoms with Crippen LogP contribution in [-0.4, -0.2) is 34.1 Å². The van der Waals surface area contributed by atoms with Crippen molar-refractivity contribution in [3.05, 3.63) is 46.8 Å². The van der Waals surface area contributed by atoms with Crippen molar-refractivity contribution in [1.82, 2.24) is 9.97 Å². The van der Waals surface area contributed by atoms with Crippen LogP contribution in [-0.2, 0) is 14.3 Å². The predicted octanol–water partition coefficient (Wildman–Crippen LogP) is 1.66. The molecule has 1 aromatic heterocycles. The summed E-state index contributed by atoms with van der Waals surface area (Å²) in [6, 6.07) is 10.5. The molecule has 2 aromatic rings. The highest BCUT2D eigenvalue weighted by molar-refractivity contribution is 8.01. The van der Waals surface area contributed by atoms with Gasteiger partial charge in [-0.3, -0.25) is 14.4 Å². The van der Waals surface area contributed by atoms with Gasteiger partial charge in [0.1, 0.15) is 0 Å². The lowest BCUT2D eigenvalue weighted by atomic mass is 10.1. The van der Waals surface area contributed by atoms with Crippen LogP contribution in [0.3, 0.4) is 0 Å². The fraction of sp³-hybridized carbons (Fsp3) is 0.200. The highest BCUT2D eigenvalue weighted by atomic mass is 32.2. The van der Waals surface area contributed by atoms with Crippen LogP contribution in [0.1, 0.15) is 6.92 Å². The van der Waals surface area contributed by atoms with E-state index < -0.39 is 11.2 Å². The van der Waals surface area contributed by atoms with E-state index in [1.54, 1.807) is 0 Å². The fourth-order valence-corrected chi connectivity index (χ4v) is 2.66. The van der Waals surface area contributed by atoms with Crippen LogP contribution in [0, 0.1) is 0 Å². The quantitative estimate of drug-likeness (QED) is 0.390. The maximum atomic E-state index is 11.8. The summed E-state index contributed by atoms with van der Waals surface area (Å²) in [5, 5.41) is -0.865. The summed E-state index contributed by atoms with van der Waals surface area (Å²) < 4.78 is 4.59. The number of nitrogens with one attached hydrogen (secondary N) is 1. The van der Waals surface area contributed by atoms with Crippen LogP contribution in [0.2, 0.25) is 0 Å². The van der Waals surface area contributed by atoms with Crippen molar-refractivity contribution in [3.8, 4) is 11.3 Å². The van der Waals surface area contributed by atoms with Gasteiger partial charge in [0.2, 0.25) is 0 Å². The van der Waals surface area contributed by atoms with E-state index in [0.29, 0.717) is 5.69 Å². The molecule has 0 saturated heterocycles. The number of carbonyl (C=O) groups is 2. The van der Waals surface area contributed by atoms with E-state index in [-0.39, 0.29) is 16.5 Å². The number of methoxy groups -OCH3 is 1. The van der Waals surface area contributed by atoms with Gasteiger partial charge < -0.3 is 9.72 Å². The number of ether oxygens (including phenoxy) is 1. The molecule has 114 valence electrons. The van der Waals surface area contributed by atoms with Gasteiger partial charge in [-0.15, -0.1) is 0 Å². The number of nitrogens with zero attached hydrogens (tertiary/aromatic N) is 1. The Kier molecular flexibility index (Phi) is 5.11. The zero-order chi connectivity index (χ0) is 16.1. The Bertz CT molecular complexity index is 743. The van der Waals surface area contributed by atoms with Crippen molar-refractivity contribution < 1.29 is 14.3 Å². The molecule has 0 saturated carbocycles. The van der Waals surface area contributed by atoms with Crippen molar-refractivity contribution in [2.45, 2.75) is 17.3 Å². The molecule has 22 heavy (non-hydrogen) atoms. The van der Waals surface area contributed by atoms with E-state index in [9.17, 15) is 14.4 Å². The number of thioether (sulfide) groups is 1. The van der Waals surface area contributed by atoms with E-state index in [4.69, 9.17) is 0 Å². The zero-order valence-electron chi connectivity index (χ0n) is 12.0. The van der Waals surface area contributed by atoms with Crippen LogP contribution in [0.4, 0.5) is 0 Å². The third kappa shape index (κ3) is 3.82. The molecule has 1 unspecified atom stereocenters. The van der Waals surface area contributed by atoms with Crippen molar-refractivity contribution in [3.63, 3.8) is 0 Å². The summed E-state index contributed by atoms with van der Waals surface area (Å²) in [4.78, 5) is 41.7. The normalized spacial score (nSPS) is 11.7. The molecule has 1 N–H and O–H groups in total. The van der Waals surface area contributed by atoms with E-state index in [0.717, 1.165) is 17.3 Å². The number of aromatic amines is 1. The first-order chi connectivity index (χ1) is 10.5. The predicted molar refractivity (Wildman–Crippen MR) is 82.6 cm³/mol. The molecule has 0 radical (unpaired) electrons. The molecule has 1 heterocycles.